The van der Waals surface area contributed by atoms with E-state index in [2.05, 4.69) is 4.18 Å². The third kappa shape index (κ3) is 10.0. The molecule has 1 rings (SSSR count). The molecule has 0 saturated heterocycles. The molecule has 0 aliphatic carbocycles. The summed E-state index contributed by atoms with van der Waals surface area (Å²) in [7, 11) is -3.43. The molecule has 0 saturated carbocycles. The Morgan fingerprint density at radius 2 is 1.56 bits per heavy atom. The van der Waals surface area contributed by atoms with Gasteiger partial charge in [-0.25, -0.2) is 4.79 Å². The molecule has 0 spiro atoms. The van der Waals surface area contributed by atoms with Crippen molar-refractivity contribution < 1.29 is 36.3 Å². The summed E-state index contributed by atoms with van der Waals surface area (Å²) in [6, 6.07) is 6.84. The van der Waals surface area contributed by atoms with Crippen molar-refractivity contribution in [3.63, 3.8) is 0 Å². The van der Waals surface area contributed by atoms with Gasteiger partial charge in [-0.15, -0.1) is 0 Å². The Morgan fingerprint density at radius 3 is 2.20 bits per heavy atom. The Labute approximate surface area is 148 Å². The average molecular weight is 376 g/mol. The quantitative estimate of drug-likeness (QED) is 0.288. The zero-order valence-corrected chi connectivity index (χ0v) is 15.2. The van der Waals surface area contributed by atoms with Gasteiger partial charge in [0, 0.05) is 0 Å². The number of carbonyl (C=O) groups is 1. The maximum atomic E-state index is 11.8. The van der Waals surface area contributed by atoms with Gasteiger partial charge in [0.1, 0.15) is 17.9 Å². The minimum Gasteiger partial charge on any atom is -0.490 e. The van der Waals surface area contributed by atoms with E-state index in [1.165, 1.54) is 0 Å². The average Bonchev–Trinajstić information content (AvgIpc) is 2.56. The number of hydrogen-bond acceptors (Lipinski definition) is 8. The highest BCUT2D eigenvalue weighted by atomic mass is 32.2. The molecule has 0 aliphatic heterocycles. The van der Waals surface area contributed by atoms with Crippen molar-refractivity contribution in [3.05, 3.63) is 29.8 Å². The molecule has 8 nitrogen and oxygen atoms in total. The van der Waals surface area contributed by atoms with Gasteiger partial charge in [-0.05, 0) is 19.1 Å². The van der Waals surface area contributed by atoms with Crippen LogP contribution in [-0.2, 0) is 28.5 Å². The Bertz CT molecular complexity index is 614. The van der Waals surface area contributed by atoms with Gasteiger partial charge in [-0.3, -0.25) is 4.18 Å². The van der Waals surface area contributed by atoms with E-state index in [0.717, 1.165) is 6.26 Å². The molecule has 0 amide bonds. The molecular weight excluding hydrogens is 352 g/mol. The van der Waals surface area contributed by atoms with Crippen molar-refractivity contribution in [1.29, 1.82) is 0 Å². The number of rotatable bonds is 13. The van der Waals surface area contributed by atoms with Gasteiger partial charge in [-0.1, -0.05) is 12.1 Å². The van der Waals surface area contributed by atoms with Gasteiger partial charge in [0.2, 0.25) is 0 Å². The predicted molar refractivity (Wildman–Crippen MR) is 90.3 cm³/mol. The number of carbonyl (C=O) groups excluding carboxylic acids is 1. The van der Waals surface area contributed by atoms with E-state index in [1.54, 1.807) is 31.2 Å². The SMILES string of the molecule is CCOC(=O)c1ccccc1OCCOCCOCCOS(C)(=O)=O. The molecule has 1 aromatic carbocycles. The molecule has 0 N–H and O–H groups in total. The first-order valence-electron chi connectivity index (χ1n) is 7.83. The van der Waals surface area contributed by atoms with Crippen molar-refractivity contribution in [2.75, 3.05) is 52.5 Å². The Morgan fingerprint density at radius 1 is 0.960 bits per heavy atom. The largest absolute Gasteiger partial charge is 0.490 e. The van der Waals surface area contributed by atoms with E-state index >= 15 is 0 Å². The summed E-state index contributed by atoms with van der Waals surface area (Å²) in [4.78, 5) is 11.8. The molecule has 0 bridgehead atoms. The van der Waals surface area contributed by atoms with Crippen molar-refractivity contribution in [1.82, 2.24) is 0 Å². The fourth-order valence-corrected chi connectivity index (χ4v) is 2.12. The molecule has 0 fully saturated rings. The first-order valence-corrected chi connectivity index (χ1v) is 9.64. The van der Waals surface area contributed by atoms with Gasteiger partial charge in [0.05, 0.1) is 45.9 Å². The number of ether oxygens (including phenoxy) is 4. The van der Waals surface area contributed by atoms with Crippen LogP contribution >= 0.6 is 0 Å². The van der Waals surface area contributed by atoms with Crippen molar-refractivity contribution in [3.8, 4) is 5.75 Å². The summed E-state index contributed by atoms with van der Waals surface area (Å²) in [5, 5.41) is 0. The Hall–Kier alpha value is -1.68. The molecule has 142 valence electrons. The second kappa shape index (κ2) is 11.8. The highest BCUT2D eigenvalue weighted by Gasteiger charge is 2.12. The van der Waals surface area contributed by atoms with E-state index in [0.29, 0.717) is 37.7 Å². The van der Waals surface area contributed by atoms with Gasteiger partial charge in [0.25, 0.3) is 10.1 Å². The van der Waals surface area contributed by atoms with Crippen LogP contribution in [0, 0.1) is 0 Å². The lowest BCUT2D eigenvalue weighted by atomic mass is 10.2. The smallest absolute Gasteiger partial charge is 0.341 e. The molecule has 1 aromatic rings. The molecule has 0 aromatic heterocycles. The van der Waals surface area contributed by atoms with E-state index in [4.69, 9.17) is 18.9 Å². The first kappa shape index (κ1) is 21.4. The fraction of sp³-hybridized carbons (Fsp3) is 0.562. The molecule has 25 heavy (non-hydrogen) atoms. The summed E-state index contributed by atoms with van der Waals surface area (Å²) in [5.74, 6) is 0.0162. The fourth-order valence-electron chi connectivity index (χ4n) is 1.75. The van der Waals surface area contributed by atoms with Crippen LogP contribution in [0.15, 0.2) is 24.3 Å². The lowest BCUT2D eigenvalue weighted by Gasteiger charge is -2.11. The van der Waals surface area contributed by atoms with E-state index in [1.807, 2.05) is 0 Å². The van der Waals surface area contributed by atoms with Crippen LogP contribution in [0.25, 0.3) is 0 Å². The normalized spacial score (nSPS) is 11.3. The van der Waals surface area contributed by atoms with Gasteiger partial charge in [-0.2, -0.15) is 8.42 Å². The van der Waals surface area contributed by atoms with Gasteiger partial charge in [0.15, 0.2) is 0 Å². The van der Waals surface area contributed by atoms with Crippen LogP contribution in [0.3, 0.4) is 0 Å². The summed E-state index contributed by atoms with van der Waals surface area (Å²) in [6.45, 7) is 3.42. The van der Waals surface area contributed by atoms with E-state index in [-0.39, 0.29) is 19.8 Å². The van der Waals surface area contributed by atoms with Gasteiger partial charge >= 0.3 is 5.97 Å². The summed E-state index contributed by atoms with van der Waals surface area (Å²) >= 11 is 0. The molecule has 0 atom stereocenters. The van der Waals surface area contributed by atoms with E-state index in [9.17, 15) is 13.2 Å². The third-order valence-corrected chi connectivity index (χ3v) is 3.36. The highest BCUT2D eigenvalue weighted by molar-refractivity contribution is 7.85. The number of benzene rings is 1. The lowest BCUT2D eigenvalue weighted by Crippen LogP contribution is -2.14. The number of hydrogen-bond donors (Lipinski definition) is 0. The first-order chi connectivity index (χ1) is 11.9. The topological polar surface area (TPSA) is 97.4 Å². The van der Waals surface area contributed by atoms with Crippen LogP contribution in [0.1, 0.15) is 17.3 Å². The zero-order chi connectivity index (χ0) is 18.5. The van der Waals surface area contributed by atoms with Crippen LogP contribution in [0.4, 0.5) is 0 Å². The molecule has 9 heteroatoms. The zero-order valence-electron chi connectivity index (χ0n) is 14.4. The Balaban J connectivity index is 2.13. The lowest BCUT2D eigenvalue weighted by molar-refractivity contribution is 0.0276. The van der Waals surface area contributed by atoms with Crippen LogP contribution in [0.2, 0.25) is 0 Å². The third-order valence-electron chi connectivity index (χ3n) is 2.76. The van der Waals surface area contributed by atoms with Crippen molar-refractivity contribution >= 4 is 16.1 Å². The molecular formula is C16H24O8S. The monoisotopic (exact) mass is 376 g/mol. The van der Waals surface area contributed by atoms with Crippen LogP contribution < -0.4 is 4.74 Å². The van der Waals surface area contributed by atoms with Crippen molar-refractivity contribution in [2.45, 2.75) is 6.92 Å². The molecule has 0 heterocycles. The standard InChI is InChI=1S/C16H24O8S/c1-3-22-16(17)14-6-4-5-7-15(14)23-12-10-20-8-9-21-11-13-24-25(2,18)19/h4-7H,3,8-13H2,1-2H3. The van der Waals surface area contributed by atoms with Crippen LogP contribution in [-0.4, -0.2) is 66.9 Å². The number of para-hydroxylation sites is 1. The molecule has 0 aliphatic rings. The van der Waals surface area contributed by atoms with Crippen molar-refractivity contribution in [2.24, 2.45) is 0 Å². The minimum absolute atomic E-state index is 0.0212. The minimum atomic E-state index is -3.43. The maximum absolute atomic E-state index is 11.8. The highest BCUT2D eigenvalue weighted by Crippen LogP contribution is 2.18. The van der Waals surface area contributed by atoms with E-state index < -0.39 is 16.1 Å². The van der Waals surface area contributed by atoms with Crippen LogP contribution in [0.5, 0.6) is 5.75 Å². The predicted octanol–water partition coefficient (Wildman–Crippen LogP) is 1.25. The second-order valence-corrected chi connectivity index (χ2v) is 6.46. The summed E-state index contributed by atoms with van der Waals surface area (Å²) in [5.41, 5.74) is 0.374. The summed E-state index contributed by atoms with van der Waals surface area (Å²) < 4.78 is 46.9. The van der Waals surface area contributed by atoms with Gasteiger partial charge < -0.3 is 18.9 Å². The summed E-state index contributed by atoms with van der Waals surface area (Å²) in [6.07, 6.45) is 0.982. The molecule has 0 unspecified atom stereocenters. The molecule has 0 radical (unpaired) electrons. The number of esters is 1. The maximum Gasteiger partial charge on any atom is 0.341 e. The Kier molecular flexibility index (Phi) is 10.1. The second-order valence-electron chi connectivity index (χ2n) is 4.82.